The van der Waals surface area contributed by atoms with Gasteiger partial charge in [-0.15, -0.1) is 0 Å². The molecule has 3 aromatic carbocycles. The fraction of sp³-hybridized carbons (Fsp3) is 0. The van der Waals surface area contributed by atoms with Gasteiger partial charge >= 0.3 is 0 Å². The molecule has 0 spiro atoms. The van der Waals surface area contributed by atoms with Crippen molar-refractivity contribution in [1.29, 1.82) is 0 Å². The van der Waals surface area contributed by atoms with Gasteiger partial charge in [-0.2, -0.15) is 0 Å². The standard InChI is InChI=1S/C14H10.3CH2O.Cr/c1-2-6-12-10-14-8-4-3-7-13(14)9-11(12)5-1;3*1-2;/h1-10H;3*1H2;. The number of fused-ring (bicyclic) bond motifs is 2. The molecule has 0 amide bonds. The Labute approximate surface area is 134 Å². The van der Waals surface area contributed by atoms with Crippen molar-refractivity contribution in [3.63, 3.8) is 0 Å². The second-order valence-electron chi connectivity index (χ2n) is 3.55. The second kappa shape index (κ2) is 12.7. The Hall–Kier alpha value is -2.28. The van der Waals surface area contributed by atoms with Crippen LogP contribution in [-0.4, -0.2) is 20.4 Å². The Morgan fingerprint density at radius 3 is 0.857 bits per heavy atom. The molecule has 0 aromatic heterocycles. The van der Waals surface area contributed by atoms with Gasteiger partial charge in [-0.1, -0.05) is 48.5 Å². The van der Waals surface area contributed by atoms with Crippen molar-refractivity contribution in [3.05, 3.63) is 60.7 Å². The first-order chi connectivity index (χ1) is 9.93. The Morgan fingerprint density at radius 1 is 0.476 bits per heavy atom. The molecule has 0 atom stereocenters. The molecule has 0 aliphatic heterocycles. The molecule has 0 heterocycles. The third-order valence-corrected chi connectivity index (χ3v) is 2.61. The van der Waals surface area contributed by atoms with Crippen LogP contribution in [0.5, 0.6) is 0 Å². The summed E-state index contributed by atoms with van der Waals surface area (Å²) < 4.78 is 0. The average molecular weight is 320 g/mol. The number of carbonyl (C=O) groups excluding carboxylic acids is 3. The minimum atomic E-state index is 0. The maximum Gasteiger partial charge on any atom is 0.106 e. The van der Waals surface area contributed by atoms with Crippen LogP contribution >= 0.6 is 0 Å². The molecule has 0 bridgehead atoms. The number of carbonyl (C=O) groups is 3. The van der Waals surface area contributed by atoms with Crippen LogP contribution in [0.1, 0.15) is 0 Å². The Kier molecular flexibility index (Phi) is 12.8. The van der Waals surface area contributed by atoms with Crippen LogP contribution in [0.4, 0.5) is 0 Å². The normalized spacial score (nSPS) is 7.81. The molecule has 0 unspecified atom stereocenters. The zero-order valence-corrected chi connectivity index (χ0v) is 12.8. The average Bonchev–Trinajstić information content (AvgIpc) is 2.58. The van der Waals surface area contributed by atoms with E-state index in [1.165, 1.54) is 21.5 Å². The summed E-state index contributed by atoms with van der Waals surface area (Å²) in [6.45, 7) is 6.00. The fourth-order valence-electron chi connectivity index (χ4n) is 1.88. The van der Waals surface area contributed by atoms with Gasteiger partial charge < -0.3 is 14.4 Å². The third-order valence-electron chi connectivity index (χ3n) is 2.61. The first kappa shape index (κ1) is 21.0. The monoisotopic (exact) mass is 320 g/mol. The van der Waals surface area contributed by atoms with Crippen molar-refractivity contribution in [3.8, 4) is 0 Å². The molecule has 0 saturated heterocycles. The predicted octanol–water partition coefficient (Wildman–Crippen LogP) is 3.44. The van der Waals surface area contributed by atoms with Crippen LogP contribution < -0.4 is 0 Å². The molecule has 21 heavy (non-hydrogen) atoms. The van der Waals surface area contributed by atoms with Gasteiger partial charge in [0, 0.05) is 17.4 Å². The van der Waals surface area contributed by atoms with E-state index in [2.05, 4.69) is 60.7 Å². The summed E-state index contributed by atoms with van der Waals surface area (Å²) in [7, 11) is 0. The molecule has 4 heteroatoms. The number of rotatable bonds is 0. The summed E-state index contributed by atoms with van der Waals surface area (Å²) in [5.41, 5.74) is 0. The first-order valence-electron chi connectivity index (χ1n) is 5.68. The zero-order chi connectivity index (χ0) is 15.4. The van der Waals surface area contributed by atoms with E-state index in [4.69, 9.17) is 14.4 Å². The largest absolute Gasteiger partial charge is 0.307 e. The van der Waals surface area contributed by atoms with Crippen molar-refractivity contribution >= 4 is 41.9 Å². The summed E-state index contributed by atoms with van der Waals surface area (Å²) >= 11 is 0. The van der Waals surface area contributed by atoms with Gasteiger partial charge in [0.05, 0.1) is 0 Å². The van der Waals surface area contributed by atoms with E-state index in [0.29, 0.717) is 0 Å². The van der Waals surface area contributed by atoms with Crippen LogP contribution in [0.15, 0.2) is 60.7 Å². The van der Waals surface area contributed by atoms with E-state index >= 15 is 0 Å². The Morgan fingerprint density at radius 2 is 0.667 bits per heavy atom. The summed E-state index contributed by atoms with van der Waals surface area (Å²) in [5.74, 6) is 0. The van der Waals surface area contributed by atoms with Gasteiger partial charge in [-0.3, -0.25) is 0 Å². The molecule has 0 radical (unpaired) electrons. The Bertz CT molecular complexity index is 546. The predicted molar refractivity (Wildman–Crippen MR) is 82.8 cm³/mol. The maximum atomic E-state index is 8.00. The van der Waals surface area contributed by atoms with Gasteiger partial charge in [-0.25, -0.2) is 0 Å². The van der Waals surface area contributed by atoms with Gasteiger partial charge in [0.25, 0.3) is 0 Å². The van der Waals surface area contributed by atoms with E-state index < -0.39 is 0 Å². The van der Waals surface area contributed by atoms with Gasteiger partial charge in [0.2, 0.25) is 0 Å². The molecular formula is C17H16CrO3. The fourth-order valence-corrected chi connectivity index (χ4v) is 1.88. The first-order valence-corrected chi connectivity index (χ1v) is 5.68. The van der Waals surface area contributed by atoms with Crippen molar-refractivity contribution < 1.29 is 31.7 Å². The van der Waals surface area contributed by atoms with Gasteiger partial charge in [0.1, 0.15) is 20.4 Å². The Balaban J connectivity index is 0. The minimum absolute atomic E-state index is 0. The molecule has 0 saturated carbocycles. The van der Waals surface area contributed by atoms with E-state index in [1.54, 1.807) is 0 Å². The maximum absolute atomic E-state index is 8.00. The SMILES string of the molecule is C=O.C=O.C=O.[Cr].c1ccc2cc3ccccc3cc2c1. The minimum Gasteiger partial charge on any atom is -0.307 e. The molecule has 0 fully saturated rings. The quantitative estimate of drug-likeness (QED) is 0.596. The smallest absolute Gasteiger partial charge is 0.106 e. The molecule has 108 valence electrons. The van der Waals surface area contributed by atoms with Gasteiger partial charge in [0.15, 0.2) is 0 Å². The van der Waals surface area contributed by atoms with Crippen LogP contribution in [-0.2, 0) is 31.7 Å². The van der Waals surface area contributed by atoms with E-state index in [9.17, 15) is 0 Å². The van der Waals surface area contributed by atoms with Gasteiger partial charge in [-0.05, 0) is 33.7 Å². The topological polar surface area (TPSA) is 51.2 Å². The van der Waals surface area contributed by atoms with Crippen LogP contribution in [0.2, 0.25) is 0 Å². The summed E-state index contributed by atoms with van der Waals surface area (Å²) in [5, 5.41) is 5.25. The van der Waals surface area contributed by atoms with Crippen molar-refractivity contribution in [1.82, 2.24) is 0 Å². The molecule has 0 N–H and O–H groups in total. The van der Waals surface area contributed by atoms with Crippen molar-refractivity contribution in [2.45, 2.75) is 0 Å². The molecule has 0 aliphatic rings. The summed E-state index contributed by atoms with van der Waals surface area (Å²) in [6, 6.07) is 21.4. The molecular weight excluding hydrogens is 304 g/mol. The van der Waals surface area contributed by atoms with Crippen LogP contribution in [0, 0.1) is 0 Å². The number of benzene rings is 3. The summed E-state index contributed by atoms with van der Waals surface area (Å²) in [6.07, 6.45) is 0. The van der Waals surface area contributed by atoms with E-state index in [1.807, 2.05) is 20.4 Å². The number of hydrogen-bond acceptors (Lipinski definition) is 3. The van der Waals surface area contributed by atoms with E-state index in [-0.39, 0.29) is 17.4 Å². The van der Waals surface area contributed by atoms with Crippen LogP contribution in [0.25, 0.3) is 21.5 Å². The molecule has 3 nitrogen and oxygen atoms in total. The van der Waals surface area contributed by atoms with Crippen molar-refractivity contribution in [2.24, 2.45) is 0 Å². The second-order valence-corrected chi connectivity index (χ2v) is 3.55. The zero-order valence-electron chi connectivity index (χ0n) is 11.5. The molecule has 0 aliphatic carbocycles. The van der Waals surface area contributed by atoms with Crippen molar-refractivity contribution in [2.75, 3.05) is 0 Å². The van der Waals surface area contributed by atoms with Crippen LogP contribution in [0.3, 0.4) is 0 Å². The third kappa shape index (κ3) is 5.70. The summed E-state index contributed by atoms with van der Waals surface area (Å²) in [4.78, 5) is 24.0. The van der Waals surface area contributed by atoms with E-state index in [0.717, 1.165) is 0 Å². The molecule has 3 aromatic rings. The number of hydrogen-bond donors (Lipinski definition) is 0. The molecule has 3 rings (SSSR count).